The van der Waals surface area contributed by atoms with Gasteiger partial charge in [0.2, 0.25) is 0 Å². The maximum Gasteiger partial charge on any atom is 0.0478 e. The summed E-state index contributed by atoms with van der Waals surface area (Å²) < 4.78 is 0. The van der Waals surface area contributed by atoms with Gasteiger partial charge in [-0.25, -0.2) is 0 Å². The van der Waals surface area contributed by atoms with E-state index in [0.29, 0.717) is 0 Å². The average molecular weight is 296 g/mol. The second kappa shape index (κ2) is 11.7. The van der Waals surface area contributed by atoms with Crippen LogP contribution in [-0.4, -0.2) is 4.86 Å². The molecule has 0 N–H and O–H groups in total. The SMILES string of the molecule is C#C.C#C.C=C1C(=S)C(C)=C1C.CCc1cccc(C)c1. The molecule has 1 aromatic carbocycles. The number of benzene rings is 1. The normalized spacial score (nSPS) is 11.6. The van der Waals surface area contributed by atoms with Gasteiger partial charge in [-0.15, -0.1) is 25.7 Å². The molecule has 0 atom stereocenters. The molecule has 0 aliphatic heterocycles. The highest BCUT2D eigenvalue weighted by Crippen LogP contribution is 2.28. The minimum atomic E-state index is 0.961. The molecular weight excluding hydrogens is 272 g/mol. The molecule has 0 aromatic heterocycles. The molecule has 0 nitrogen and oxygen atoms in total. The highest BCUT2D eigenvalue weighted by atomic mass is 32.1. The average Bonchev–Trinajstić information content (AvgIpc) is 2.57. The van der Waals surface area contributed by atoms with Crippen molar-refractivity contribution in [1.29, 1.82) is 0 Å². The lowest BCUT2D eigenvalue weighted by Gasteiger charge is -2.21. The van der Waals surface area contributed by atoms with Gasteiger partial charge in [-0.05, 0) is 49.5 Å². The van der Waals surface area contributed by atoms with Crippen LogP contribution >= 0.6 is 12.2 Å². The predicted molar refractivity (Wildman–Crippen MR) is 100 cm³/mol. The van der Waals surface area contributed by atoms with Gasteiger partial charge in [-0.2, -0.15) is 0 Å². The number of thiocarbonyl (C=S) groups is 1. The van der Waals surface area contributed by atoms with Gasteiger partial charge in [0, 0.05) is 4.86 Å². The first-order valence-corrected chi connectivity index (χ1v) is 7.01. The second-order valence-corrected chi connectivity index (χ2v) is 4.81. The van der Waals surface area contributed by atoms with Crippen LogP contribution in [0.5, 0.6) is 0 Å². The Labute approximate surface area is 136 Å². The summed E-state index contributed by atoms with van der Waals surface area (Å²) in [5.74, 6) is 0. The van der Waals surface area contributed by atoms with E-state index in [1.807, 2.05) is 13.8 Å². The molecule has 0 amide bonds. The van der Waals surface area contributed by atoms with Crippen LogP contribution < -0.4 is 0 Å². The maximum absolute atomic E-state index is 4.95. The first kappa shape index (κ1) is 21.2. The van der Waals surface area contributed by atoms with Gasteiger partial charge in [0.15, 0.2) is 0 Å². The summed E-state index contributed by atoms with van der Waals surface area (Å²) in [5, 5.41) is 0. The number of allylic oxidation sites excluding steroid dienone is 3. The Morgan fingerprint density at radius 2 is 1.52 bits per heavy atom. The van der Waals surface area contributed by atoms with Crippen molar-refractivity contribution < 1.29 is 0 Å². The van der Waals surface area contributed by atoms with Gasteiger partial charge in [-0.3, -0.25) is 0 Å². The third-order valence-electron chi connectivity index (χ3n) is 3.12. The Morgan fingerprint density at radius 3 is 1.76 bits per heavy atom. The van der Waals surface area contributed by atoms with Gasteiger partial charge >= 0.3 is 0 Å². The van der Waals surface area contributed by atoms with Crippen molar-refractivity contribution in [2.75, 3.05) is 0 Å². The first-order chi connectivity index (χ1) is 9.97. The highest BCUT2D eigenvalue weighted by Gasteiger charge is 2.19. The van der Waals surface area contributed by atoms with E-state index in [2.05, 4.69) is 70.4 Å². The van der Waals surface area contributed by atoms with Gasteiger partial charge < -0.3 is 0 Å². The Bertz CT molecular complexity index is 525. The fourth-order valence-electron chi connectivity index (χ4n) is 1.66. The Hall–Kier alpha value is -2.09. The number of hydrogen-bond donors (Lipinski definition) is 0. The van der Waals surface area contributed by atoms with E-state index >= 15 is 0 Å². The topological polar surface area (TPSA) is 0 Å². The predicted octanol–water partition coefficient (Wildman–Crippen LogP) is 5.32. The van der Waals surface area contributed by atoms with Crippen LogP contribution in [0.1, 0.15) is 31.9 Å². The molecule has 21 heavy (non-hydrogen) atoms. The van der Waals surface area contributed by atoms with Crippen LogP contribution in [0, 0.1) is 32.6 Å². The quantitative estimate of drug-likeness (QED) is 0.384. The molecule has 1 heteroatoms. The van der Waals surface area contributed by atoms with Crippen LogP contribution in [0.15, 0.2) is 47.6 Å². The van der Waals surface area contributed by atoms with E-state index in [1.165, 1.54) is 22.3 Å². The van der Waals surface area contributed by atoms with Crippen LogP contribution in [0.2, 0.25) is 0 Å². The lowest BCUT2D eigenvalue weighted by molar-refractivity contribution is 1.13. The molecule has 1 aliphatic carbocycles. The Balaban J connectivity index is 0. The van der Waals surface area contributed by atoms with E-state index in [-0.39, 0.29) is 0 Å². The fourth-order valence-corrected chi connectivity index (χ4v) is 1.97. The van der Waals surface area contributed by atoms with Crippen molar-refractivity contribution in [3.8, 4) is 25.7 Å². The monoisotopic (exact) mass is 296 g/mol. The highest BCUT2D eigenvalue weighted by molar-refractivity contribution is 7.81. The summed E-state index contributed by atoms with van der Waals surface area (Å²) >= 11 is 4.95. The molecule has 0 fully saturated rings. The minimum Gasteiger partial charge on any atom is -0.124 e. The zero-order valence-corrected chi connectivity index (χ0v) is 14.3. The summed E-state index contributed by atoms with van der Waals surface area (Å²) in [6, 6.07) is 8.61. The van der Waals surface area contributed by atoms with E-state index in [0.717, 1.165) is 16.9 Å². The molecular formula is C20H24S. The van der Waals surface area contributed by atoms with Crippen molar-refractivity contribution in [2.45, 2.75) is 34.1 Å². The molecule has 110 valence electrons. The number of terminal acetylenes is 2. The Kier molecular flexibility index (Phi) is 11.8. The molecule has 0 spiro atoms. The van der Waals surface area contributed by atoms with Gasteiger partial charge in [-0.1, -0.05) is 55.5 Å². The third-order valence-corrected chi connectivity index (χ3v) is 3.67. The maximum atomic E-state index is 4.95. The van der Waals surface area contributed by atoms with Crippen molar-refractivity contribution in [1.82, 2.24) is 0 Å². The van der Waals surface area contributed by atoms with E-state index in [4.69, 9.17) is 12.2 Å². The lowest BCUT2D eigenvalue weighted by atomic mass is 9.86. The molecule has 0 heterocycles. The molecule has 1 aromatic rings. The summed E-state index contributed by atoms with van der Waals surface area (Å²) in [6.07, 6.45) is 17.1. The third kappa shape index (κ3) is 6.75. The van der Waals surface area contributed by atoms with E-state index in [1.54, 1.807) is 0 Å². The number of hydrogen-bond acceptors (Lipinski definition) is 1. The van der Waals surface area contributed by atoms with Crippen molar-refractivity contribution in [3.05, 3.63) is 58.7 Å². The summed E-state index contributed by atoms with van der Waals surface area (Å²) in [4.78, 5) is 0.961. The summed E-state index contributed by atoms with van der Waals surface area (Å²) in [7, 11) is 0. The molecule has 0 bridgehead atoms. The molecule has 0 saturated carbocycles. The van der Waals surface area contributed by atoms with E-state index < -0.39 is 0 Å². The standard InChI is InChI=1S/C9H12.C7H8S.2C2H2/c1-3-9-6-4-5-8(2)7-9;1-4-5(2)7(8)6(4)3;2*1-2/h4-7H,3H2,1-2H3;2H2,1,3H3;2*1-2H. The second-order valence-electron chi connectivity index (χ2n) is 4.40. The number of rotatable bonds is 1. The van der Waals surface area contributed by atoms with Crippen LogP contribution in [0.3, 0.4) is 0 Å². The number of aryl methyl sites for hydroxylation is 2. The smallest absolute Gasteiger partial charge is 0.0478 e. The van der Waals surface area contributed by atoms with Crippen molar-refractivity contribution in [3.63, 3.8) is 0 Å². The lowest BCUT2D eigenvalue weighted by Crippen LogP contribution is -2.14. The summed E-state index contributed by atoms with van der Waals surface area (Å²) in [5.41, 5.74) is 6.35. The minimum absolute atomic E-state index is 0.961. The molecule has 0 unspecified atom stereocenters. The first-order valence-electron chi connectivity index (χ1n) is 6.61. The van der Waals surface area contributed by atoms with Crippen LogP contribution in [0.25, 0.3) is 0 Å². The zero-order chi connectivity index (χ0) is 17.0. The van der Waals surface area contributed by atoms with Gasteiger partial charge in [0.1, 0.15) is 0 Å². The molecule has 1 aliphatic rings. The zero-order valence-electron chi connectivity index (χ0n) is 13.4. The van der Waals surface area contributed by atoms with Crippen LogP contribution in [-0.2, 0) is 6.42 Å². The van der Waals surface area contributed by atoms with Crippen molar-refractivity contribution >= 4 is 17.1 Å². The van der Waals surface area contributed by atoms with Crippen molar-refractivity contribution in [2.24, 2.45) is 0 Å². The van der Waals surface area contributed by atoms with Gasteiger partial charge in [0.05, 0.1) is 0 Å². The fraction of sp³-hybridized carbons (Fsp3) is 0.250. The van der Waals surface area contributed by atoms with Gasteiger partial charge in [0.25, 0.3) is 0 Å². The Morgan fingerprint density at radius 1 is 1.00 bits per heavy atom. The van der Waals surface area contributed by atoms with E-state index in [9.17, 15) is 0 Å². The largest absolute Gasteiger partial charge is 0.124 e. The van der Waals surface area contributed by atoms with Crippen LogP contribution in [0.4, 0.5) is 0 Å². The summed E-state index contributed by atoms with van der Waals surface area (Å²) in [6.45, 7) is 12.2. The molecule has 0 saturated heterocycles. The molecule has 0 radical (unpaired) electrons. The molecule has 2 rings (SSSR count).